The first-order chi connectivity index (χ1) is 7.87. The molecule has 0 aromatic rings. The molecule has 1 unspecified atom stereocenters. The predicted octanol–water partition coefficient (Wildman–Crippen LogP) is 2.85. The van der Waals surface area contributed by atoms with Crippen molar-refractivity contribution in [3.05, 3.63) is 0 Å². The van der Waals surface area contributed by atoms with E-state index in [-0.39, 0.29) is 11.6 Å². The summed E-state index contributed by atoms with van der Waals surface area (Å²) in [6.45, 7) is 12.0. The van der Waals surface area contributed by atoms with Crippen LogP contribution in [0.4, 0.5) is 0 Å². The van der Waals surface area contributed by atoms with Gasteiger partial charge in [0.15, 0.2) is 0 Å². The Labute approximate surface area is 106 Å². The molecule has 0 aromatic carbocycles. The van der Waals surface area contributed by atoms with E-state index in [0.29, 0.717) is 11.3 Å². The van der Waals surface area contributed by atoms with E-state index in [1.807, 2.05) is 0 Å². The minimum atomic E-state index is -0.0623. The summed E-state index contributed by atoms with van der Waals surface area (Å²) < 4.78 is 6.14. The number of ether oxygens (including phenoxy) is 1. The van der Waals surface area contributed by atoms with E-state index in [2.05, 4.69) is 40.0 Å². The van der Waals surface area contributed by atoms with Gasteiger partial charge in [0.05, 0.1) is 11.6 Å². The Morgan fingerprint density at radius 3 is 2.06 bits per heavy atom. The van der Waals surface area contributed by atoms with Crippen molar-refractivity contribution in [3.8, 4) is 0 Å². The molecule has 0 radical (unpaired) electrons. The van der Waals surface area contributed by atoms with Gasteiger partial charge in [0.1, 0.15) is 0 Å². The average Bonchev–Trinajstić information content (AvgIpc) is 2.23. The number of hydrazine groups is 1. The zero-order valence-electron chi connectivity index (χ0n) is 12.2. The summed E-state index contributed by atoms with van der Waals surface area (Å²) in [6, 6.07) is 0.249. The fraction of sp³-hybridized carbons (Fsp3) is 1.00. The minimum absolute atomic E-state index is 0.0623. The van der Waals surface area contributed by atoms with Crippen LogP contribution in [0.15, 0.2) is 0 Å². The van der Waals surface area contributed by atoms with Crippen LogP contribution in [-0.2, 0) is 4.74 Å². The van der Waals surface area contributed by atoms with Gasteiger partial charge in [0, 0.05) is 6.61 Å². The first-order valence-electron chi connectivity index (χ1n) is 6.97. The summed E-state index contributed by atoms with van der Waals surface area (Å²) in [4.78, 5) is 0. The molecule has 3 N–H and O–H groups in total. The van der Waals surface area contributed by atoms with Crippen molar-refractivity contribution in [1.29, 1.82) is 0 Å². The van der Waals surface area contributed by atoms with E-state index in [4.69, 9.17) is 10.6 Å². The lowest BCUT2D eigenvalue weighted by Crippen LogP contribution is -2.59. The van der Waals surface area contributed by atoms with Gasteiger partial charge in [-0.2, -0.15) is 0 Å². The molecular formula is C14H30N2O. The quantitative estimate of drug-likeness (QED) is 0.575. The molecule has 1 aliphatic rings. The van der Waals surface area contributed by atoms with Crippen LogP contribution in [0.2, 0.25) is 0 Å². The highest BCUT2D eigenvalue weighted by Gasteiger charge is 2.45. The third-order valence-corrected chi connectivity index (χ3v) is 4.29. The summed E-state index contributed by atoms with van der Waals surface area (Å²) in [5.74, 6) is 6.25. The smallest absolute Gasteiger partial charge is 0.0850 e. The largest absolute Gasteiger partial charge is 0.374 e. The van der Waals surface area contributed by atoms with Gasteiger partial charge in [-0.3, -0.25) is 11.3 Å². The average molecular weight is 242 g/mol. The molecule has 0 amide bonds. The molecule has 3 nitrogen and oxygen atoms in total. The zero-order chi connectivity index (χ0) is 13.1. The maximum atomic E-state index is 6.14. The molecule has 0 aliphatic heterocycles. The van der Waals surface area contributed by atoms with Gasteiger partial charge in [-0.15, -0.1) is 0 Å². The molecule has 0 saturated heterocycles. The van der Waals surface area contributed by atoms with Crippen molar-refractivity contribution >= 4 is 0 Å². The molecule has 0 spiro atoms. The summed E-state index contributed by atoms with van der Waals surface area (Å²) >= 11 is 0. The van der Waals surface area contributed by atoms with Gasteiger partial charge in [-0.25, -0.2) is 0 Å². The summed E-state index contributed by atoms with van der Waals surface area (Å²) in [5, 5.41) is 0. The zero-order valence-corrected chi connectivity index (χ0v) is 12.2. The normalized spacial score (nSPS) is 24.9. The fourth-order valence-electron chi connectivity index (χ4n) is 3.13. The SMILES string of the molecule is CCOC1(C(NN)C(C)C)CCC(C)(C)CC1. The lowest BCUT2D eigenvalue weighted by Gasteiger charge is -2.48. The lowest BCUT2D eigenvalue weighted by atomic mass is 9.67. The van der Waals surface area contributed by atoms with E-state index >= 15 is 0 Å². The van der Waals surface area contributed by atoms with Gasteiger partial charge in [0.2, 0.25) is 0 Å². The van der Waals surface area contributed by atoms with Crippen molar-refractivity contribution in [3.63, 3.8) is 0 Å². The van der Waals surface area contributed by atoms with Crippen LogP contribution in [0.25, 0.3) is 0 Å². The van der Waals surface area contributed by atoms with Crippen molar-refractivity contribution in [1.82, 2.24) is 5.43 Å². The van der Waals surface area contributed by atoms with Crippen LogP contribution in [0.3, 0.4) is 0 Å². The Morgan fingerprint density at radius 1 is 1.18 bits per heavy atom. The lowest BCUT2D eigenvalue weighted by molar-refractivity contribution is -0.115. The van der Waals surface area contributed by atoms with Crippen LogP contribution >= 0.6 is 0 Å². The third-order valence-electron chi connectivity index (χ3n) is 4.29. The van der Waals surface area contributed by atoms with E-state index < -0.39 is 0 Å². The maximum absolute atomic E-state index is 6.14. The summed E-state index contributed by atoms with van der Waals surface area (Å²) in [7, 11) is 0. The second kappa shape index (κ2) is 5.68. The standard InChI is InChI=1S/C14H30N2O/c1-6-17-14(12(16-15)11(2)3)9-7-13(4,5)8-10-14/h11-12,16H,6-10,15H2,1-5H3. The molecule has 0 heterocycles. The van der Waals surface area contributed by atoms with Gasteiger partial charge in [-0.1, -0.05) is 27.7 Å². The number of nitrogens with two attached hydrogens (primary N) is 1. The predicted molar refractivity (Wildman–Crippen MR) is 72.6 cm³/mol. The van der Waals surface area contributed by atoms with Crippen LogP contribution in [0.5, 0.6) is 0 Å². The minimum Gasteiger partial charge on any atom is -0.374 e. The van der Waals surface area contributed by atoms with Gasteiger partial charge in [0.25, 0.3) is 0 Å². The topological polar surface area (TPSA) is 47.3 Å². The number of rotatable bonds is 5. The third kappa shape index (κ3) is 3.43. The Bertz CT molecular complexity index is 228. The molecule has 0 bridgehead atoms. The van der Waals surface area contributed by atoms with Gasteiger partial charge in [-0.05, 0) is 43.9 Å². The van der Waals surface area contributed by atoms with Crippen molar-refractivity contribution < 1.29 is 4.74 Å². The van der Waals surface area contributed by atoms with Gasteiger partial charge < -0.3 is 4.74 Å². The molecule has 102 valence electrons. The van der Waals surface area contributed by atoms with Crippen LogP contribution < -0.4 is 11.3 Å². The van der Waals surface area contributed by atoms with Crippen molar-refractivity contribution in [2.45, 2.75) is 71.9 Å². The number of nitrogens with one attached hydrogen (secondary N) is 1. The van der Waals surface area contributed by atoms with Crippen LogP contribution in [0.1, 0.15) is 60.3 Å². The Morgan fingerprint density at radius 2 is 1.71 bits per heavy atom. The Balaban J connectivity index is 2.83. The Hall–Kier alpha value is -0.120. The second-order valence-electron chi connectivity index (χ2n) is 6.55. The molecule has 1 saturated carbocycles. The van der Waals surface area contributed by atoms with E-state index in [0.717, 1.165) is 19.4 Å². The monoisotopic (exact) mass is 242 g/mol. The van der Waals surface area contributed by atoms with E-state index in [1.54, 1.807) is 0 Å². The molecule has 1 atom stereocenters. The highest BCUT2D eigenvalue weighted by atomic mass is 16.5. The molecule has 1 rings (SSSR count). The maximum Gasteiger partial charge on any atom is 0.0850 e. The van der Waals surface area contributed by atoms with E-state index in [1.165, 1.54) is 12.8 Å². The molecular weight excluding hydrogens is 212 g/mol. The first kappa shape index (κ1) is 14.9. The van der Waals surface area contributed by atoms with Crippen molar-refractivity contribution in [2.24, 2.45) is 17.2 Å². The summed E-state index contributed by atoms with van der Waals surface area (Å²) in [5.41, 5.74) is 3.39. The first-order valence-corrected chi connectivity index (χ1v) is 6.97. The number of hydrogen-bond donors (Lipinski definition) is 2. The highest BCUT2D eigenvalue weighted by molar-refractivity contribution is 4.99. The van der Waals surface area contributed by atoms with Gasteiger partial charge >= 0.3 is 0 Å². The molecule has 3 heteroatoms. The highest BCUT2D eigenvalue weighted by Crippen LogP contribution is 2.44. The Kier molecular flexibility index (Phi) is 4.99. The number of hydrogen-bond acceptors (Lipinski definition) is 3. The molecule has 1 aliphatic carbocycles. The molecule has 0 aromatic heterocycles. The fourth-order valence-corrected chi connectivity index (χ4v) is 3.13. The van der Waals surface area contributed by atoms with Crippen LogP contribution in [0, 0.1) is 11.3 Å². The van der Waals surface area contributed by atoms with E-state index in [9.17, 15) is 0 Å². The second-order valence-corrected chi connectivity index (χ2v) is 6.55. The van der Waals surface area contributed by atoms with Crippen molar-refractivity contribution in [2.75, 3.05) is 6.61 Å². The van der Waals surface area contributed by atoms with Crippen LogP contribution in [-0.4, -0.2) is 18.2 Å². The molecule has 17 heavy (non-hydrogen) atoms. The summed E-state index contributed by atoms with van der Waals surface area (Å²) in [6.07, 6.45) is 4.66. The molecule has 1 fully saturated rings.